The molecule has 5 heteroatoms. The Kier molecular flexibility index (Phi) is 6.25. The van der Waals surface area contributed by atoms with Crippen LogP contribution in [0, 0.1) is 0 Å². The number of rotatable bonds is 7. The van der Waals surface area contributed by atoms with Gasteiger partial charge in [0, 0.05) is 6.08 Å². The van der Waals surface area contributed by atoms with Crippen molar-refractivity contribution in [1.82, 2.24) is 0 Å². The average molecular weight is 328 g/mol. The van der Waals surface area contributed by atoms with Crippen LogP contribution in [0.3, 0.4) is 0 Å². The van der Waals surface area contributed by atoms with Crippen molar-refractivity contribution in [2.24, 2.45) is 0 Å². The predicted molar refractivity (Wildman–Crippen MR) is 91.8 cm³/mol. The Morgan fingerprint density at radius 3 is 2.33 bits per heavy atom. The predicted octanol–water partition coefficient (Wildman–Crippen LogP) is 3.72. The molecule has 0 saturated heterocycles. The van der Waals surface area contributed by atoms with Gasteiger partial charge in [0.15, 0.2) is 23.0 Å². The summed E-state index contributed by atoms with van der Waals surface area (Å²) in [5, 5.41) is 0. The molecule has 0 radical (unpaired) electrons. The maximum atomic E-state index is 12.0. The molecule has 0 spiro atoms. The number of carbonyl (C=O) groups is 1. The maximum Gasteiger partial charge on any atom is 0.336 e. The van der Waals surface area contributed by atoms with Crippen molar-refractivity contribution in [1.29, 1.82) is 0 Å². The average Bonchev–Trinajstić information content (AvgIpc) is 2.61. The summed E-state index contributed by atoms with van der Waals surface area (Å²) < 4.78 is 21.1. The summed E-state index contributed by atoms with van der Waals surface area (Å²) in [5.41, 5.74) is 0.794. The van der Waals surface area contributed by atoms with Gasteiger partial charge in [-0.25, -0.2) is 4.79 Å². The van der Waals surface area contributed by atoms with Gasteiger partial charge in [-0.3, -0.25) is 0 Å². The molecule has 2 aromatic carbocycles. The fraction of sp³-hybridized carbons (Fsp3) is 0.211. The van der Waals surface area contributed by atoms with Crippen LogP contribution in [-0.2, 0) is 4.79 Å². The number of hydrogen-bond acceptors (Lipinski definition) is 5. The lowest BCUT2D eigenvalue weighted by molar-refractivity contribution is -0.129. The van der Waals surface area contributed by atoms with E-state index in [1.165, 1.54) is 6.08 Å². The van der Waals surface area contributed by atoms with E-state index in [2.05, 4.69) is 0 Å². The number of ether oxygens (including phenoxy) is 4. The number of carbonyl (C=O) groups excluding carboxylic acids is 1. The van der Waals surface area contributed by atoms with E-state index in [4.69, 9.17) is 18.9 Å². The lowest BCUT2D eigenvalue weighted by atomic mass is 10.2. The highest BCUT2D eigenvalue weighted by Crippen LogP contribution is 2.28. The maximum absolute atomic E-state index is 12.0. The Hall–Kier alpha value is -2.95. The van der Waals surface area contributed by atoms with Crippen molar-refractivity contribution in [3.05, 3.63) is 54.1 Å². The zero-order chi connectivity index (χ0) is 17.4. The van der Waals surface area contributed by atoms with Gasteiger partial charge in [0.05, 0.1) is 20.8 Å². The normalized spacial score (nSPS) is 10.5. The van der Waals surface area contributed by atoms with Crippen molar-refractivity contribution in [2.45, 2.75) is 6.92 Å². The van der Waals surface area contributed by atoms with Crippen LogP contribution in [0.5, 0.6) is 23.0 Å². The van der Waals surface area contributed by atoms with E-state index >= 15 is 0 Å². The molecule has 0 N–H and O–H groups in total. The first kappa shape index (κ1) is 17.4. The van der Waals surface area contributed by atoms with Crippen LogP contribution in [-0.4, -0.2) is 26.8 Å². The van der Waals surface area contributed by atoms with Gasteiger partial charge < -0.3 is 18.9 Å². The third kappa shape index (κ3) is 4.52. The van der Waals surface area contributed by atoms with E-state index in [0.717, 1.165) is 5.56 Å². The molecule has 0 amide bonds. The lowest BCUT2D eigenvalue weighted by Crippen LogP contribution is -2.05. The second-order valence-corrected chi connectivity index (χ2v) is 4.75. The summed E-state index contributed by atoms with van der Waals surface area (Å²) in [6, 6.07) is 12.4. The molecule has 0 aliphatic rings. The molecule has 0 atom stereocenters. The van der Waals surface area contributed by atoms with Gasteiger partial charge in [0.2, 0.25) is 0 Å². The second kappa shape index (κ2) is 8.62. The van der Waals surface area contributed by atoms with Crippen LogP contribution in [0.15, 0.2) is 48.5 Å². The second-order valence-electron chi connectivity index (χ2n) is 4.75. The van der Waals surface area contributed by atoms with Crippen molar-refractivity contribution in [3.8, 4) is 23.0 Å². The summed E-state index contributed by atoms with van der Waals surface area (Å²) in [4.78, 5) is 12.0. The number of benzene rings is 2. The van der Waals surface area contributed by atoms with Crippen LogP contribution in [0.25, 0.3) is 6.08 Å². The molecule has 5 nitrogen and oxygen atoms in total. The van der Waals surface area contributed by atoms with E-state index in [9.17, 15) is 4.79 Å². The smallest absolute Gasteiger partial charge is 0.336 e. The van der Waals surface area contributed by atoms with Gasteiger partial charge >= 0.3 is 5.97 Å². The molecule has 0 heterocycles. The molecule has 0 fully saturated rings. The topological polar surface area (TPSA) is 54.0 Å². The number of para-hydroxylation sites is 2. The van der Waals surface area contributed by atoms with Gasteiger partial charge in [0.1, 0.15) is 0 Å². The molecule has 0 unspecified atom stereocenters. The molecule has 2 aromatic rings. The monoisotopic (exact) mass is 328 g/mol. The molecule has 0 aromatic heterocycles. The quantitative estimate of drug-likeness (QED) is 0.440. The Morgan fingerprint density at radius 1 is 0.958 bits per heavy atom. The van der Waals surface area contributed by atoms with Gasteiger partial charge in [-0.05, 0) is 42.8 Å². The highest BCUT2D eigenvalue weighted by Gasteiger charge is 2.08. The third-order valence-electron chi connectivity index (χ3n) is 3.18. The fourth-order valence-electron chi connectivity index (χ4n) is 2.07. The fourth-order valence-corrected chi connectivity index (χ4v) is 2.07. The molecule has 2 rings (SSSR count). The zero-order valence-electron chi connectivity index (χ0n) is 13.9. The molecule has 0 bridgehead atoms. The zero-order valence-corrected chi connectivity index (χ0v) is 13.9. The number of hydrogen-bond donors (Lipinski definition) is 0. The standard InChI is InChI=1S/C19H20O5/c1-4-23-16-7-5-6-8-17(16)24-19(20)12-10-14-9-11-15(21-2)18(13-14)22-3/h5-13H,4H2,1-3H3/b12-10+. The summed E-state index contributed by atoms with van der Waals surface area (Å²) in [7, 11) is 3.13. The minimum Gasteiger partial charge on any atom is -0.493 e. The molecule has 0 aliphatic carbocycles. The molecule has 126 valence electrons. The largest absolute Gasteiger partial charge is 0.493 e. The van der Waals surface area contributed by atoms with E-state index < -0.39 is 5.97 Å². The van der Waals surface area contributed by atoms with Crippen molar-refractivity contribution < 1.29 is 23.7 Å². The van der Waals surface area contributed by atoms with E-state index in [1.54, 1.807) is 50.6 Å². The van der Waals surface area contributed by atoms with E-state index in [1.807, 2.05) is 19.1 Å². The number of methoxy groups -OCH3 is 2. The Labute approximate surface area is 141 Å². The molecule has 0 aliphatic heterocycles. The van der Waals surface area contributed by atoms with Crippen LogP contribution in [0.1, 0.15) is 12.5 Å². The Bertz CT molecular complexity index is 721. The van der Waals surface area contributed by atoms with Crippen molar-refractivity contribution >= 4 is 12.0 Å². The van der Waals surface area contributed by atoms with Gasteiger partial charge in [0.25, 0.3) is 0 Å². The van der Waals surface area contributed by atoms with Crippen LogP contribution >= 0.6 is 0 Å². The highest BCUT2D eigenvalue weighted by atomic mass is 16.6. The molecule has 24 heavy (non-hydrogen) atoms. The van der Waals surface area contributed by atoms with Gasteiger partial charge in [-0.2, -0.15) is 0 Å². The minimum atomic E-state index is -0.489. The van der Waals surface area contributed by atoms with E-state index in [-0.39, 0.29) is 0 Å². The molecular weight excluding hydrogens is 308 g/mol. The Morgan fingerprint density at radius 2 is 1.67 bits per heavy atom. The minimum absolute atomic E-state index is 0.390. The van der Waals surface area contributed by atoms with Gasteiger partial charge in [-0.1, -0.05) is 18.2 Å². The van der Waals surface area contributed by atoms with Crippen molar-refractivity contribution in [2.75, 3.05) is 20.8 Å². The van der Waals surface area contributed by atoms with E-state index in [0.29, 0.717) is 29.6 Å². The first-order valence-corrected chi connectivity index (χ1v) is 7.51. The highest BCUT2D eigenvalue weighted by molar-refractivity contribution is 5.89. The van der Waals surface area contributed by atoms with Crippen LogP contribution in [0.4, 0.5) is 0 Å². The summed E-state index contributed by atoms with van der Waals surface area (Å²) in [6.45, 7) is 2.37. The van der Waals surface area contributed by atoms with Crippen LogP contribution in [0.2, 0.25) is 0 Å². The first-order chi connectivity index (χ1) is 11.7. The van der Waals surface area contributed by atoms with Gasteiger partial charge in [-0.15, -0.1) is 0 Å². The summed E-state index contributed by atoms with van der Waals surface area (Å²) in [5.74, 6) is 1.66. The van der Waals surface area contributed by atoms with Crippen LogP contribution < -0.4 is 18.9 Å². The van der Waals surface area contributed by atoms with Crippen molar-refractivity contribution in [3.63, 3.8) is 0 Å². The summed E-state index contributed by atoms with van der Waals surface area (Å²) in [6.07, 6.45) is 3.00. The summed E-state index contributed by atoms with van der Waals surface area (Å²) >= 11 is 0. The first-order valence-electron chi connectivity index (χ1n) is 7.51. The lowest BCUT2D eigenvalue weighted by Gasteiger charge is -2.09. The SMILES string of the molecule is CCOc1ccccc1OC(=O)/C=C/c1ccc(OC)c(OC)c1. The Balaban J connectivity index is 2.08. The molecular formula is C19H20O5. The number of esters is 1. The molecule has 0 saturated carbocycles. The third-order valence-corrected chi connectivity index (χ3v) is 3.18.